The van der Waals surface area contributed by atoms with Gasteiger partial charge in [-0.15, -0.1) is 0 Å². The largest absolute Gasteiger partial charge is 0.487 e. The van der Waals surface area contributed by atoms with Crippen LogP contribution in [0.25, 0.3) is 22.3 Å². The smallest absolute Gasteiger partial charge is 0.163 e. The molecule has 0 amide bonds. The molecule has 1 aliphatic heterocycles. The van der Waals surface area contributed by atoms with Gasteiger partial charge in [0.1, 0.15) is 23.5 Å². The zero-order valence-electron chi connectivity index (χ0n) is 19.8. The number of rotatable bonds is 6. The van der Waals surface area contributed by atoms with Crippen molar-refractivity contribution in [2.75, 3.05) is 11.9 Å². The fourth-order valence-corrected chi connectivity index (χ4v) is 4.96. The lowest BCUT2D eigenvalue weighted by atomic mass is 10.1. The third kappa shape index (κ3) is 4.37. The summed E-state index contributed by atoms with van der Waals surface area (Å²) >= 11 is 0. The van der Waals surface area contributed by atoms with Crippen molar-refractivity contribution in [3.8, 4) is 17.0 Å². The van der Waals surface area contributed by atoms with E-state index in [-0.39, 0.29) is 12.3 Å². The lowest BCUT2D eigenvalue weighted by Crippen LogP contribution is -2.25. The summed E-state index contributed by atoms with van der Waals surface area (Å²) in [4.78, 5) is 4.82. The second-order valence-electron chi connectivity index (χ2n) is 9.34. The highest BCUT2D eigenvalue weighted by atomic mass is 16.5. The molecule has 0 spiro atoms. The van der Waals surface area contributed by atoms with Crippen molar-refractivity contribution in [1.82, 2.24) is 24.5 Å². The van der Waals surface area contributed by atoms with E-state index in [1.54, 1.807) is 10.9 Å². The number of nitrogens with one attached hydrogen (secondary N) is 1. The zero-order chi connectivity index (χ0) is 23.8. The molecule has 4 aromatic rings. The molecule has 3 aromatic heterocycles. The van der Waals surface area contributed by atoms with E-state index in [1.807, 2.05) is 42.1 Å². The second kappa shape index (κ2) is 9.31. The van der Waals surface area contributed by atoms with Crippen molar-refractivity contribution in [2.24, 2.45) is 7.05 Å². The van der Waals surface area contributed by atoms with Crippen LogP contribution in [0.15, 0.2) is 48.7 Å². The first-order valence-corrected chi connectivity index (χ1v) is 12.4. The van der Waals surface area contributed by atoms with Gasteiger partial charge in [0.25, 0.3) is 0 Å². The number of hydrogen-bond acceptors (Lipinski definition) is 7. The van der Waals surface area contributed by atoms with Crippen LogP contribution in [0, 0.1) is 0 Å². The van der Waals surface area contributed by atoms with Crippen molar-refractivity contribution in [1.29, 1.82) is 0 Å². The molecular formula is C26H30N6O3. The van der Waals surface area contributed by atoms with Crippen LogP contribution < -0.4 is 10.1 Å². The summed E-state index contributed by atoms with van der Waals surface area (Å²) < 4.78 is 16.0. The van der Waals surface area contributed by atoms with E-state index in [4.69, 9.17) is 19.6 Å². The molecule has 2 aliphatic rings. The van der Waals surface area contributed by atoms with E-state index in [0.29, 0.717) is 17.2 Å². The maximum Gasteiger partial charge on any atom is 0.163 e. The number of aryl methyl sites for hydroxylation is 1. The Bertz CT molecular complexity index is 1310. The number of hydrogen-bond donors (Lipinski definition) is 2. The van der Waals surface area contributed by atoms with E-state index in [1.165, 1.54) is 0 Å². The Morgan fingerprint density at radius 1 is 1.09 bits per heavy atom. The Hall–Kier alpha value is -3.43. The monoisotopic (exact) mass is 474 g/mol. The summed E-state index contributed by atoms with van der Waals surface area (Å²) in [6, 6.07) is 14.0. The van der Waals surface area contributed by atoms with Gasteiger partial charge in [0.05, 0.1) is 23.4 Å². The molecule has 1 saturated carbocycles. The number of aromatic nitrogens is 5. The molecule has 0 bridgehead atoms. The quantitative estimate of drug-likeness (QED) is 0.422. The Balaban J connectivity index is 1.38. The van der Waals surface area contributed by atoms with Crippen LogP contribution in [0.1, 0.15) is 44.8 Å². The molecule has 2 fully saturated rings. The Labute approximate surface area is 203 Å². The molecule has 6 rings (SSSR count). The number of benzene rings is 1. The van der Waals surface area contributed by atoms with Crippen LogP contribution in [0.3, 0.4) is 0 Å². The van der Waals surface area contributed by atoms with Gasteiger partial charge in [0, 0.05) is 31.4 Å². The molecular weight excluding hydrogens is 444 g/mol. The average molecular weight is 475 g/mol. The molecule has 0 radical (unpaired) electrons. The molecule has 1 aromatic carbocycles. The summed E-state index contributed by atoms with van der Waals surface area (Å²) in [5.74, 6) is 2.09. The van der Waals surface area contributed by atoms with Gasteiger partial charge in [0.2, 0.25) is 0 Å². The molecule has 9 nitrogen and oxygen atoms in total. The number of fused-ring (bicyclic) bond motifs is 1. The van der Waals surface area contributed by atoms with Gasteiger partial charge >= 0.3 is 0 Å². The van der Waals surface area contributed by atoms with E-state index in [9.17, 15) is 5.11 Å². The van der Waals surface area contributed by atoms with Crippen LogP contribution in [0.5, 0.6) is 5.75 Å². The molecule has 2 N–H and O–H groups in total. The fourth-order valence-electron chi connectivity index (χ4n) is 4.96. The van der Waals surface area contributed by atoms with Crippen LogP contribution >= 0.6 is 0 Å². The summed E-state index contributed by atoms with van der Waals surface area (Å²) in [7, 11) is 1.86. The Morgan fingerprint density at radius 3 is 2.74 bits per heavy atom. The van der Waals surface area contributed by atoms with Crippen LogP contribution in [-0.4, -0.2) is 48.5 Å². The lowest BCUT2D eigenvalue weighted by Gasteiger charge is -2.24. The first kappa shape index (κ1) is 22.1. The normalized spacial score (nSPS) is 22.5. The van der Waals surface area contributed by atoms with Gasteiger partial charge in [-0.05, 0) is 38.5 Å². The number of nitrogens with zero attached hydrogens (tertiary/aromatic N) is 5. The number of aliphatic hydroxyl groups excluding tert-OH is 1. The van der Waals surface area contributed by atoms with Gasteiger partial charge in [-0.2, -0.15) is 10.2 Å². The van der Waals surface area contributed by atoms with E-state index >= 15 is 0 Å². The van der Waals surface area contributed by atoms with Crippen LogP contribution in [0.2, 0.25) is 0 Å². The standard InChI is InChI=1S/C26H30N6O3/c1-31-26-18(16-27-31)22(35-21-11-7-10-20(21)33)15-23(29-26)28-24-14-19(17-8-3-2-4-9-17)30-32(24)25-12-5-6-13-34-25/h2-4,8-9,14-16,20-21,25,33H,5-7,10-13H2,1H3,(H,28,29)/t20-,21+,25+/m1/s1. The van der Waals surface area contributed by atoms with Crippen molar-refractivity contribution < 1.29 is 14.6 Å². The van der Waals surface area contributed by atoms with Crippen molar-refractivity contribution >= 4 is 22.7 Å². The van der Waals surface area contributed by atoms with Gasteiger partial charge in [-0.1, -0.05) is 30.3 Å². The van der Waals surface area contributed by atoms with Gasteiger partial charge < -0.3 is 19.9 Å². The number of aliphatic hydroxyl groups is 1. The molecule has 3 atom stereocenters. The minimum absolute atomic E-state index is 0.131. The van der Waals surface area contributed by atoms with Gasteiger partial charge in [-0.3, -0.25) is 4.68 Å². The molecule has 0 unspecified atom stereocenters. The molecule has 182 valence electrons. The summed E-state index contributed by atoms with van der Waals surface area (Å²) in [5, 5.41) is 23.9. The summed E-state index contributed by atoms with van der Waals surface area (Å²) in [5.41, 5.74) is 2.62. The van der Waals surface area contributed by atoms with Crippen molar-refractivity contribution in [2.45, 2.75) is 57.0 Å². The molecule has 1 aliphatic carbocycles. The van der Waals surface area contributed by atoms with Crippen molar-refractivity contribution in [3.05, 3.63) is 48.7 Å². The highest BCUT2D eigenvalue weighted by molar-refractivity contribution is 5.84. The fraction of sp³-hybridized carbons (Fsp3) is 0.423. The predicted octanol–water partition coefficient (Wildman–Crippen LogP) is 4.57. The Kier molecular flexibility index (Phi) is 5.87. The SMILES string of the molecule is Cn1ncc2c(O[C@H]3CCC[C@H]3O)cc(Nc3cc(-c4ccccc4)nn3[C@@H]3CCCCO3)nc21. The molecule has 35 heavy (non-hydrogen) atoms. The zero-order valence-corrected chi connectivity index (χ0v) is 19.8. The molecule has 1 saturated heterocycles. The number of ether oxygens (including phenoxy) is 2. The van der Waals surface area contributed by atoms with E-state index < -0.39 is 6.10 Å². The lowest BCUT2D eigenvalue weighted by molar-refractivity contribution is -0.0379. The van der Waals surface area contributed by atoms with E-state index in [0.717, 1.165) is 67.6 Å². The molecule has 9 heteroatoms. The highest BCUT2D eigenvalue weighted by Crippen LogP contribution is 2.35. The first-order valence-electron chi connectivity index (χ1n) is 12.4. The maximum atomic E-state index is 10.3. The maximum absolute atomic E-state index is 10.3. The summed E-state index contributed by atoms with van der Waals surface area (Å²) in [6.45, 7) is 0.728. The van der Waals surface area contributed by atoms with Crippen LogP contribution in [-0.2, 0) is 11.8 Å². The third-order valence-corrected chi connectivity index (χ3v) is 6.85. The van der Waals surface area contributed by atoms with Crippen molar-refractivity contribution in [3.63, 3.8) is 0 Å². The third-order valence-electron chi connectivity index (χ3n) is 6.85. The number of anilines is 2. The predicted molar refractivity (Wildman–Crippen MR) is 133 cm³/mol. The van der Waals surface area contributed by atoms with Gasteiger partial charge in [0.15, 0.2) is 11.9 Å². The topological polar surface area (TPSA) is 99.2 Å². The minimum atomic E-state index is -0.454. The van der Waals surface area contributed by atoms with E-state index in [2.05, 4.69) is 22.5 Å². The molecule has 4 heterocycles. The first-order chi connectivity index (χ1) is 17.2. The van der Waals surface area contributed by atoms with Crippen LogP contribution in [0.4, 0.5) is 11.6 Å². The Morgan fingerprint density at radius 2 is 1.97 bits per heavy atom. The average Bonchev–Trinajstić information content (AvgIpc) is 3.60. The van der Waals surface area contributed by atoms with Gasteiger partial charge in [-0.25, -0.2) is 9.67 Å². The number of pyridine rings is 1. The highest BCUT2D eigenvalue weighted by Gasteiger charge is 2.28. The second-order valence-corrected chi connectivity index (χ2v) is 9.34. The summed E-state index contributed by atoms with van der Waals surface area (Å²) in [6.07, 6.45) is 6.59. The minimum Gasteiger partial charge on any atom is -0.487 e.